The lowest BCUT2D eigenvalue weighted by Gasteiger charge is -2.09. The van der Waals surface area contributed by atoms with Gasteiger partial charge in [0.05, 0.1) is 30.2 Å². The Balaban J connectivity index is 2.14. The first-order valence-electron chi connectivity index (χ1n) is 7.31. The van der Waals surface area contributed by atoms with Crippen LogP contribution in [0.2, 0.25) is 0 Å². The van der Waals surface area contributed by atoms with E-state index in [4.69, 9.17) is 21.1 Å². The summed E-state index contributed by atoms with van der Waals surface area (Å²) in [7, 11) is 2.97. The summed E-state index contributed by atoms with van der Waals surface area (Å²) in [4.78, 5) is 19.3. The Morgan fingerprint density at radius 1 is 1.20 bits per heavy atom. The maximum atomic E-state index is 13.8. The van der Waals surface area contributed by atoms with Gasteiger partial charge in [-0.25, -0.2) is 9.37 Å². The highest BCUT2D eigenvalue weighted by Crippen LogP contribution is 2.30. The second-order valence-corrected chi connectivity index (χ2v) is 5.56. The molecule has 3 aromatic rings. The molecule has 0 aliphatic carbocycles. The number of halogens is 2. The quantitative estimate of drug-likeness (QED) is 0.768. The van der Waals surface area contributed by atoms with Gasteiger partial charge >= 0.3 is 0 Å². The van der Waals surface area contributed by atoms with Crippen LogP contribution < -0.4 is 15.0 Å². The first-order valence-corrected chi connectivity index (χ1v) is 7.69. The van der Waals surface area contributed by atoms with Crippen molar-refractivity contribution in [1.29, 1.82) is 0 Å². The van der Waals surface area contributed by atoms with Gasteiger partial charge in [-0.2, -0.15) is 0 Å². The van der Waals surface area contributed by atoms with Crippen LogP contribution in [0.15, 0.2) is 41.2 Å². The number of methoxy groups -OCH3 is 2. The van der Waals surface area contributed by atoms with E-state index in [1.807, 2.05) is 0 Å². The zero-order valence-corrected chi connectivity index (χ0v) is 14.2. The van der Waals surface area contributed by atoms with Crippen molar-refractivity contribution < 1.29 is 13.9 Å². The molecular weight excluding hydrogens is 347 g/mol. The van der Waals surface area contributed by atoms with E-state index >= 15 is 0 Å². The van der Waals surface area contributed by atoms with Gasteiger partial charge in [-0.15, -0.1) is 0 Å². The fourth-order valence-electron chi connectivity index (χ4n) is 2.38. The maximum Gasteiger partial charge on any atom is 0.259 e. The summed E-state index contributed by atoms with van der Waals surface area (Å²) in [6.45, 7) is 0. The second-order valence-electron chi connectivity index (χ2n) is 5.15. The number of aromatic nitrogens is 2. The molecule has 1 aromatic heterocycles. The lowest BCUT2D eigenvalue weighted by molar-refractivity contribution is 0.355. The van der Waals surface area contributed by atoms with Crippen molar-refractivity contribution in [2.75, 3.05) is 14.2 Å². The number of rotatable bonds is 4. The van der Waals surface area contributed by atoms with Crippen LogP contribution in [0, 0.1) is 5.82 Å². The highest BCUT2D eigenvalue weighted by Gasteiger charge is 2.12. The zero-order chi connectivity index (χ0) is 18.0. The summed E-state index contributed by atoms with van der Waals surface area (Å²) in [5.74, 6) is 0.570. The van der Waals surface area contributed by atoms with Gasteiger partial charge in [-0.1, -0.05) is 29.8 Å². The Morgan fingerprint density at radius 3 is 2.56 bits per heavy atom. The number of nitrogens with one attached hydrogen (secondary N) is 1. The highest BCUT2D eigenvalue weighted by molar-refractivity contribution is 6.50. The molecule has 0 aliphatic heterocycles. The van der Waals surface area contributed by atoms with Gasteiger partial charge in [0.15, 0.2) is 17.3 Å². The Morgan fingerprint density at radius 2 is 1.88 bits per heavy atom. The normalized spacial score (nSPS) is 11.6. The smallest absolute Gasteiger partial charge is 0.259 e. The first kappa shape index (κ1) is 17.0. The molecule has 0 spiro atoms. The van der Waals surface area contributed by atoms with Crippen LogP contribution in [0.25, 0.3) is 22.0 Å². The standard InChI is InChI=1S/C18H14ClFN2O3/c1-24-15-8-11-14(9-16(15)25-2)21-17(22-18(11)23)12(19)7-10-5-3-4-6-13(10)20/h3-9H,1-2H3,(H,21,22,23)/b12-7-. The fraction of sp³-hybridized carbons (Fsp3) is 0.111. The van der Waals surface area contributed by atoms with Crippen LogP contribution in [0.5, 0.6) is 11.5 Å². The lowest BCUT2D eigenvalue weighted by atomic mass is 10.2. The third kappa shape index (κ3) is 3.34. The Labute approximate surface area is 147 Å². The SMILES string of the molecule is COc1cc2nc(/C(Cl)=C/c3ccccc3F)[nH]c(=O)c2cc1OC. The van der Waals surface area contributed by atoms with Gasteiger partial charge in [0.25, 0.3) is 5.56 Å². The van der Waals surface area contributed by atoms with Crippen LogP contribution in [-0.4, -0.2) is 24.2 Å². The van der Waals surface area contributed by atoms with Crippen LogP contribution in [0.3, 0.4) is 0 Å². The summed E-state index contributed by atoms with van der Waals surface area (Å²) in [6.07, 6.45) is 1.40. The van der Waals surface area contributed by atoms with E-state index in [1.165, 1.54) is 32.4 Å². The van der Waals surface area contributed by atoms with Crippen molar-refractivity contribution in [3.8, 4) is 11.5 Å². The first-order chi connectivity index (χ1) is 12.0. The largest absolute Gasteiger partial charge is 0.493 e. The number of hydrogen-bond donors (Lipinski definition) is 1. The van der Waals surface area contributed by atoms with E-state index in [2.05, 4.69) is 9.97 Å². The molecule has 0 bridgehead atoms. The zero-order valence-electron chi connectivity index (χ0n) is 13.5. The Kier molecular flexibility index (Phi) is 4.72. The van der Waals surface area contributed by atoms with Gasteiger partial charge in [0, 0.05) is 11.6 Å². The lowest BCUT2D eigenvalue weighted by Crippen LogP contribution is -2.11. The predicted octanol–water partition coefficient (Wildman–Crippen LogP) is 3.82. The third-order valence-electron chi connectivity index (χ3n) is 3.62. The molecule has 25 heavy (non-hydrogen) atoms. The molecule has 0 saturated heterocycles. The predicted molar refractivity (Wildman–Crippen MR) is 95.6 cm³/mol. The van der Waals surface area contributed by atoms with Crippen molar-refractivity contribution in [2.45, 2.75) is 0 Å². The summed E-state index contributed by atoms with van der Waals surface area (Å²) >= 11 is 6.22. The van der Waals surface area contributed by atoms with Crippen molar-refractivity contribution in [3.05, 3.63) is 64.0 Å². The molecule has 5 nitrogen and oxygen atoms in total. The molecule has 3 rings (SSSR count). The molecule has 0 saturated carbocycles. The van der Waals surface area contributed by atoms with Gasteiger partial charge in [0.1, 0.15) is 5.82 Å². The highest BCUT2D eigenvalue weighted by atomic mass is 35.5. The topological polar surface area (TPSA) is 64.2 Å². The summed E-state index contributed by atoms with van der Waals surface area (Å²) in [5, 5.41) is 0.440. The van der Waals surface area contributed by atoms with Crippen molar-refractivity contribution in [3.63, 3.8) is 0 Å². The minimum atomic E-state index is -0.421. The molecule has 2 aromatic carbocycles. The number of hydrogen-bond acceptors (Lipinski definition) is 4. The summed E-state index contributed by atoms with van der Waals surface area (Å²) in [5.41, 5.74) is 0.292. The molecule has 0 aliphatic rings. The van der Waals surface area contributed by atoms with Crippen LogP contribution >= 0.6 is 11.6 Å². The minimum absolute atomic E-state index is 0.110. The monoisotopic (exact) mass is 360 g/mol. The van der Waals surface area contributed by atoms with E-state index < -0.39 is 5.82 Å². The molecule has 0 radical (unpaired) electrons. The number of fused-ring (bicyclic) bond motifs is 1. The van der Waals surface area contributed by atoms with Gasteiger partial charge in [-0.05, 0) is 18.2 Å². The van der Waals surface area contributed by atoms with Gasteiger partial charge in [0.2, 0.25) is 0 Å². The molecule has 0 amide bonds. The van der Waals surface area contributed by atoms with Crippen molar-refractivity contribution >= 4 is 33.6 Å². The van der Waals surface area contributed by atoms with E-state index in [1.54, 1.807) is 24.3 Å². The Bertz CT molecular complexity index is 1030. The van der Waals surface area contributed by atoms with Crippen LogP contribution in [0.1, 0.15) is 11.4 Å². The molecule has 1 N–H and O–H groups in total. The number of nitrogens with zero attached hydrogens (tertiary/aromatic N) is 1. The number of ether oxygens (including phenoxy) is 2. The average molecular weight is 361 g/mol. The van der Waals surface area contributed by atoms with Crippen molar-refractivity contribution in [1.82, 2.24) is 9.97 Å². The number of benzene rings is 2. The maximum absolute atomic E-state index is 13.8. The molecular formula is C18H14ClFN2O3. The number of aromatic amines is 1. The van der Waals surface area contributed by atoms with E-state index in [9.17, 15) is 9.18 Å². The average Bonchev–Trinajstić information content (AvgIpc) is 2.62. The molecule has 7 heteroatoms. The minimum Gasteiger partial charge on any atom is -0.493 e. The van der Waals surface area contributed by atoms with E-state index in [0.717, 1.165) is 0 Å². The fourth-order valence-corrected chi connectivity index (χ4v) is 2.58. The second kappa shape index (κ2) is 6.94. The van der Waals surface area contributed by atoms with E-state index in [0.29, 0.717) is 28.0 Å². The summed E-state index contributed by atoms with van der Waals surface area (Å²) < 4.78 is 24.2. The van der Waals surface area contributed by atoms with Crippen LogP contribution in [-0.2, 0) is 0 Å². The molecule has 1 heterocycles. The number of H-pyrrole nitrogens is 1. The van der Waals surface area contributed by atoms with Crippen LogP contribution in [0.4, 0.5) is 4.39 Å². The van der Waals surface area contributed by atoms with E-state index in [-0.39, 0.29) is 16.4 Å². The van der Waals surface area contributed by atoms with Gasteiger partial charge in [-0.3, -0.25) is 4.79 Å². The molecule has 0 unspecified atom stereocenters. The summed E-state index contributed by atoms with van der Waals surface area (Å²) in [6, 6.07) is 9.29. The molecule has 0 atom stereocenters. The molecule has 0 fully saturated rings. The van der Waals surface area contributed by atoms with Crippen molar-refractivity contribution in [2.24, 2.45) is 0 Å². The third-order valence-corrected chi connectivity index (χ3v) is 3.91. The van der Waals surface area contributed by atoms with Gasteiger partial charge < -0.3 is 14.5 Å². The molecule has 128 valence electrons. The Hall–Kier alpha value is -2.86.